The SMILES string of the molecule is CCCCOC(=O)C[C@@H](COc1ccc(Cl)c(OCCCOC)c1)C(C)C. The lowest BCUT2D eigenvalue weighted by atomic mass is 9.93. The van der Waals surface area contributed by atoms with E-state index in [2.05, 4.69) is 20.8 Å². The Bertz CT molecular complexity index is 547. The highest BCUT2D eigenvalue weighted by molar-refractivity contribution is 6.32. The molecule has 1 rings (SSSR count). The quantitative estimate of drug-likeness (QED) is 0.319. The molecule has 0 saturated heterocycles. The zero-order chi connectivity index (χ0) is 20.1. The highest BCUT2D eigenvalue weighted by Gasteiger charge is 2.20. The van der Waals surface area contributed by atoms with E-state index in [0.717, 1.165) is 19.3 Å². The summed E-state index contributed by atoms with van der Waals surface area (Å²) in [4.78, 5) is 12.0. The lowest BCUT2D eigenvalue weighted by Crippen LogP contribution is -2.22. The molecule has 0 saturated carbocycles. The Morgan fingerprint density at radius 3 is 2.56 bits per heavy atom. The predicted molar refractivity (Wildman–Crippen MR) is 108 cm³/mol. The number of benzene rings is 1. The van der Waals surface area contributed by atoms with Crippen LogP contribution in [0, 0.1) is 11.8 Å². The zero-order valence-corrected chi connectivity index (χ0v) is 17.7. The Morgan fingerprint density at radius 2 is 1.89 bits per heavy atom. The van der Waals surface area contributed by atoms with E-state index in [1.807, 2.05) is 0 Å². The van der Waals surface area contributed by atoms with Gasteiger partial charge >= 0.3 is 5.97 Å². The van der Waals surface area contributed by atoms with Crippen LogP contribution in [0.1, 0.15) is 46.5 Å². The molecule has 0 spiro atoms. The first-order valence-electron chi connectivity index (χ1n) is 9.67. The van der Waals surface area contributed by atoms with E-state index in [4.69, 9.17) is 30.5 Å². The van der Waals surface area contributed by atoms with Crippen molar-refractivity contribution in [3.05, 3.63) is 23.2 Å². The van der Waals surface area contributed by atoms with Crippen LogP contribution in [0.3, 0.4) is 0 Å². The van der Waals surface area contributed by atoms with Crippen molar-refractivity contribution in [3.8, 4) is 11.5 Å². The number of rotatable bonds is 14. The maximum absolute atomic E-state index is 12.0. The molecule has 1 aromatic carbocycles. The van der Waals surface area contributed by atoms with Crippen LogP contribution in [0.2, 0.25) is 5.02 Å². The molecule has 0 aliphatic carbocycles. The van der Waals surface area contributed by atoms with E-state index in [9.17, 15) is 4.79 Å². The molecule has 0 bridgehead atoms. The van der Waals surface area contributed by atoms with Crippen LogP contribution in [0.5, 0.6) is 11.5 Å². The summed E-state index contributed by atoms with van der Waals surface area (Å²) in [7, 11) is 1.66. The topological polar surface area (TPSA) is 54.0 Å². The maximum Gasteiger partial charge on any atom is 0.306 e. The summed E-state index contributed by atoms with van der Waals surface area (Å²) in [5.74, 6) is 1.49. The van der Waals surface area contributed by atoms with Crippen molar-refractivity contribution in [2.45, 2.75) is 46.5 Å². The van der Waals surface area contributed by atoms with E-state index >= 15 is 0 Å². The molecule has 0 N–H and O–H groups in total. The van der Waals surface area contributed by atoms with Gasteiger partial charge in [0.2, 0.25) is 0 Å². The number of ether oxygens (including phenoxy) is 4. The minimum Gasteiger partial charge on any atom is -0.493 e. The second-order valence-corrected chi connectivity index (χ2v) is 7.29. The summed E-state index contributed by atoms with van der Waals surface area (Å²) in [6, 6.07) is 5.35. The average Bonchev–Trinajstić information content (AvgIpc) is 2.64. The molecule has 1 atom stereocenters. The zero-order valence-electron chi connectivity index (χ0n) is 17.0. The van der Waals surface area contributed by atoms with Gasteiger partial charge in [-0.15, -0.1) is 0 Å². The van der Waals surface area contributed by atoms with Gasteiger partial charge in [0.15, 0.2) is 0 Å². The van der Waals surface area contributed by atoms with Crippen molar-refractivity contribution in [2.75, 3.05) is 33.5 Å². The molecular weight excluding hydrogens is 368 g/mol. The van der Waals surface area contributed by atoms with Crippen molar-refractivity contribution in [3.63, 3.8) is 0 Å². The molecule has 0 radical (unpaired) electrons. The number of esters is 1. The maximum atomic E-state index is 12.0. The summed E-state index contributed by atoms with van der Waals surface area (Å²) in [5.41, 5.74) is 0. The van der Waals surface area contributed by atoms with Crippen molar-refractivity contribution in [1.29, 1.82) is 0 Å². The summed E-state index contributed by atoms with van der Waals surface area (Å²) < 4.78 is 21.9. The van der Waals surface area contributed by atoms with Gasteiger partial charge in [-0.3, -0.25) is 4.79 Å². The number of hydrogen-bond donors (Lipinski definition) is 0. The van der Waals surface area contributed by atoms with Gasteiger partial charge in [0.1, 0.15) is 11.5 Å². The van der Waals surface area contributed by atoms with Crippen molar-refractivity contribution in [1.82, 2.24) is 0 Å². The van der Waals surface area contributed by atoms with Crippen LogP contribution in [0.15, 0.2) is 18.2 Å². The number of unbranched alkanes of at least 4 members (excludes halogenated alkanes) is 1. The van der Waals surface area contributed by atoms with Gasteiger partial charge < -0.3 is 18.9 Å². The first-order valence-corrected chi connectivity index (χ1v) is 10.0. The van der Waals surface area contributed by atoms with Crippen LogP contribution in [-0.4, -0.2) is 39.5 Å². The van der Waals surface area contributed by atoms with E-state index < -0.39 is 0 Å². The third-order valence-electron chi connectivity index (χ3n) is 4.25. The molecule has 0 aromatic heterocycles. The standard InChI is InChI=1S/C21H33ClO5/c1-5-6-11-26-21(23)13-17(16(2)3)15-27-18-8-9-19(22)20(14-18)25-12-7-10-24-4/h8-9,14,16-17H,5-7,10-13,15H2,1-4H3/t17-/m0/s1. The monoisotopic (exact) mass is 400 g/mol. The van der Waals surface area contributed by atoms with Gasteiger partial charge in [0.05, 0.1) is 31.3 Å². The van der Waals surface area contributed by atoms with E-state index in [1.165, 1.54) is 0 Å². The molecule has 154 valence electrons. The molecule has 0 aliphatic rings. The highest BCUT2D eigenvalue weighted by atomic mass is 35.5. The fourth-order valence-electron chi connectivity index (χ4n) is 2.36. The van der Waals surface area contributed by atoms with E-state index in [0.29, 0.717) is 55.3 Å². The number of methoxy groups -OCH3 is 1. The first kappa shape index (κ1) is 23.6. The first-order chi connectivity index (χ1) is 13.0. The Balaban J connectivity index is 2.55. The summed E-state index contributed by atoms with van der Waals surface area (Å²) in [6.07, 6.45) is 3.05. The second-order valence-electron chi connectivity index (χ2n) is 6.88. The van der Waals surface area contributed by atoms with Crippen LogP contribution in [-0.2, 0) is 14.3 Å². The average molecular weight is 401 g/mol. The van der Waals surface area contributed by atoms with Gasteiger partial charge in [-0.05, 0) is 24.5 Å². The summed E-state index contributed by atoms with van der Waals surface area (Å²) >= 11 is 6.18. The predicted octanol–water partition coefficient (Wildman–Crippen LogP) is 5.14. The van der Waals surface area contributed by atoms with Crippen molar-refractivity contribution < 1.29 is 23.7 Å². The number of hydrogen-bond acceptors (Lipinski definition) is 5. The molecular formula is C21H33ClO5. The summed E-state index contributed by atoms with van der Waals surface area (Å²) in [5, 5.41) is 0.541. The molecule has 0 unspecified atom stereocenters. The minimum atomic E-state index is -0.163. The molecule has 0 fully saturated rings. The Kier molecular flexibility index (Phi) is 11.9. The van der Waals surface area contributed by atoms with E-state index in [-0.39, 0.29) is 11.9 Å². The summed E-state index contributed by atoms with van der Waals surface area (Å²) in [6.45, 7) is 8.32. The Morgan fingerprint density at radius 1 is 1.11 bits per heavy atom. The fourth-order valence-corrected chi connectivity index (χ4v) is 2.54. The smallest absolute Gasteiger partial charge is 0.306 e. The molecule has 0 amide bonds. The van der Waals surface area contributed by atoms with Gasteiger partial charge in [-0.1, -0.05) is 38.8 Å². The largest absolute Gasteiger partial charge is 0.493 e. The lowest BCUT2D eigenvalue weighted by molar-refractivity contribution is -0.145. The van der Waals surface area contributed by atoms with Gasteiger partial charge in [0.25, 0.3) is 0 Å². The lowest BCUT2D eigenvalue weighted by Gasteiger charge is -2.21. The molecule has 27 heavy (non-hydrogen) atoms. The number of carbonyl (C=O) groups excluding carboxylic acids is 1. The minimum absolute atomic E-state index is 0.0841. The van der Waals surface area contributed by atoms with Crippen LogP contribution < -0.4 is 9.47 Å². The van der Waals surface area contributed by atoms with Gasteiger partial charge in [0, 0.05) is 32.1 Å². The van der Waals surface area contributed by atoms with E-state index in [1.54, 1.807) is 25.3 Å². The normalized spacial score (nSPS) is 12.1. The van der Waals surface area contributed by atoms with Crippen molar-refractivity contribution in [2.24, 2.45) is 11.8 Å². The third kappa shape index (κ3) is 9.87. The molecule has 0 aliphatic heterocycles. The second kappa shape index (κ2) is 13.7. The molecule has 1 aromatic rings. The van der Waals surface area contributed by atoms with Crippen LogP contribution in [0.25, 0.3) is 0 Å². The molecule has 5 nitrogen and oxygen atoms in total. The van der Waals surface area contributed by atoms with Crippen molar-refractivity contribution >= 4 is 17.6 Å². The number of carbonyl (C=O) groups is 1. The van der Waals surface area contributed by atoms with Gasteiger partial charge in [-0.2, -0.15) is 0 Å². The number of halogens is 1. The van der Waals surface area contributed by atoms with Crippen LogP contribution >= 0.6 is 11.6 Å². The highest BCUT2D eigenvalue weighted by Crippen LogP contribution is 2.30. The van der Waals surface area contributed by atoms with Crippen LogP contribution in [0.4, 0.5) is 0 Å². The molecule has 6 heteroatoms. The Labute approximate surface area is 168 Å². The Hall–Kier alpha value is -1.46. The third-order valence-corrected chi connectivity index (χ3v) is 4.56. The fraction of sp³-hybridized carbons (Fsp3) is 0.667. The molecule has 0 heterocycles. The van der Waals surface area contributed by atoms with Gasteiger partial charge in [-0.25, -0.2) is 0 Å².